The van der Waals surface area contributed by atoms with Gasteiger partial charge in [0.2, 0.25) is 0 Å². The Morgan fingerprint density at radius 2 is 2.23 bits per heavy atom. The van der Waals surface area contributed by atoms with Crippen LogP contribution in [0.3, 0.4) is 0 Å². The van der Waals surface area contributed by atoms with E-state index in [-0.39, 0.29) is 35.9 Å². The van der Waals surface area contributed by atoms with Crippen molar-refractivity contribution in [2.75, 3.05) is 27.2 Å². The van der Waals surface area contributed by atoms with Gasteiger partial charge in [-0.25, -0.2) is 9.37 Å². The molecule has 6 nitrogen and oxygen atoms in total. The van der Waals surface area contributed by atoms with Crippen molar-refractivity contribution < 1.29 is 9.13 Å². The Hall–Kier alpha value is -1.72. The summed E-state index contributed by atoms with van der Waals surface area (Å²) in [4.78, 5) is 14.6. The number of aromatic amines is 1. The zero-order valence-corrected chi connectivity index (χ0v) is 20.9. The van der Waals surface area contributed by atoms with Gasteiger partial charge in [-0.1, -0.05) is 0 Å². The molecule has 0 aliphatic carbocycles. The summed E-state index contributed by atoms with van der Waals surface area (Å²) in [7, 11) is 3.70. The third-order valence-corrected chi connectivity index (χ3v) is 5.79. The molecule has 1 aromatic carbocycles. The van der Waals surface area contributed by atoms with Gasteiger partial charge in [-0.2, -0.15) is 0 Å². The number of rotatable bonds is 8. The van der Waals surface area contributed by atoms with E-state index in [0.717, 1.165) is 46.1 Å². The third-order valence-electron chi connectivity index (χ3n) is 4.74. The van der Waals surface area contributed by atoms with Crippen LogP contribution in [0.2, 0.25) is 0 Å². The molecule has 0 bridgehead atoms. The maximum absolute atomic E-state index is 13.4. The number of hydrogen-bond donors (Lipinski definition) is 2. The molecule has 2 N–H and O–H groups in total. The lowest BCUT2D eigenvalue weighted by molar-refractivity contribution is 0.119. The van der Waals surface area contributed by atoms with E-state index in [1.165, 1.54) is 12.1 Å². The number of nitrogens with one attached hydrogen (secondary N) is 2. The maximum atomic E-state index is 13.4. The van der Waals surface area contributed by atoms with Crippen molar-refractivity contribution in [1.82, 2.24) is 20.2 Å². The van der Waals surface area contributed by atoms with E-state index < -0.39 is 0 Å². The number of guanidine groups is 1. The number of nitrogens with zero attached hydrogens (tertiary/aromatic N) is 3. The number of methoxy groups -OCH3 is 1. The Morgan fingerprint density at radius 1 is 1.43 bits per heavy atom. The van der Waals surface area contributed by atoms with Gasteiger partial charge in [0, 0.05) is 49.7 Å². The molecule has 0 saturated carbocycles. The normalized spacial score (nSPS) is 12.6. The van der Waals surface area contributed by atoms with Gasteiger partial charge in [-0.15, -0.1) is 35.3 Å². The quantitative estimate of drug-likeness (QED) is 0.244. The summed E-state index contributed by atoms with van der Waals surface area (Å²) < 4.78 is 18.7. The van der Waals surface area contributed by atoms with E-state index in [2.05, 4.69) is 32.5 Å². The Kier molecular flexibility index (Phi) is 9.50. The Labute approximate surface area is 198 Å². The summed E-state index contributed by atoms with van der Waals surface area (Å²) in [6.45, 7) is 6.15. The molecule has 2 aromatic heterocycles. The minimum absolute atomic E-state index is 0. The number of aliphatic imine (C=N–C) groups is 1. The molecular formula is C21H29FIN5OS. The molecule has 0 aliphatic rings. The van der Waals surface area contributed by atoms with Crippen LogP contribution in [0.1, 0.15) is 36.2 Å². The van der Waals surface area contributed by atoms with E-state index in [0.29, 0.717) is 13.1 Å². The van der Waals surface area contributed by atoms with Crippen LogP contribution in [0.4, 0.5) is 4.39 Å². The van der Waals surface area contributed by atoms with Gasteiger partial charge in [0.25, 0.3) is 0 Å². The second kappa shape index (κ2) is 11.6. The summed E-state index contributed by atoms with van der Waals surface area (Å²) in [5.74, 6) is 0.609. The van der Waals surface area contributed by atoms with Crippen LogP contribution in [-0.2, 0) is 17.7 Å². The monoisotopic (exact) mass is 545 g/mol. The Morgan fingerprint density at radius 3 is 2.97 bits per heavy atom. The lowest BCUT2D eigenvalue weighted by atomic mass is 10.1. The van der Waals surface area contributed by atoms with Crippen LogP contribution in [-0.4, -0.2) is 48.1 Å². The lowest BCUT2D eigenvalue weighted by Crippen LogP contribution is -2.38. The standard InChI is InChI=1S/C21H28FN5OS.HI/c1-5-23-21(27(3)12-17-13-29-20(26-17)14(2)28-4)24-9-8-15-11-25-19-10-16(22)6-7-18(15)19;/h6-7,10-11,13-14,25H,5,8-9,12H2,1-4H3,(H,23,24);1H. The van der Waals surface area contributed by atoms with Gasteiger partial charge < -0.3 is 19.9 Å². The largest absolute Gasteiger partial charge is 0.375 e. The smallest absolute Gasteiger partial charge is 0.194 e. The van der Waals surface area contributed by atoms with Crippen molar-refractivity contribution in [2.24, 2.45) is 4.99 Å². The summed E-state index contributed by atoms with van der Waals surface area (Å²) in [5, 5.41) is 7.43. The van der Waals surface area contributed by atoms with Gasteiger partial charge >= 0.3 is 0 Å². The first-order valence-electron chi connectivity index (χ1n) is 9.73. The SMILES string of the molecule is CCNC(=NCCc1c[nH]c2cc(F)ccc12)N(C)Cc1csc(C(C)OC)n1.I. The summed E-state index contributed by atoms with van der Waals surface area (Å²) >= 11 is 1.61. The van der Waals surface area contributed by atoms with Gasteiger partial charge in [0.1, 0.15) is 16.9 Å². The van der Waals surface area contributed by atoms with E-state index >= 15 is 0 Å². The molecule has 164 valence electrons. The van der Waals surface area contributed by atoms with Crippen molar-refractivity contribution >= 4 is 52.2 Å². The molecule has 3 aromatic rings. The van der Waals surface area contributed by atoms with Gasteiger partial charge in [-0.3, -0.25) is 4.99 Å². The van der Waals surface area contributed by atoms with Crippen LogP contribution < -0.4 is 5.32 Å². The molecule has 0 fully saturated rings. The number of H-pyrrole nitrogens is 1. The molecule has 0 spiro atoms. The highest BCUT2D eigenvalue weighted by Crippen LogP contribution is 2.21. The van der Waals surface area contributed by atoms with Gasteiger partial charge in [0.15, 0.2) is 5.96 Å². The fourth-order valence-corrected chi connectivity index (χ4v) is 3.96. The fourth-order valence-electron chi connectivity index (χ4n) is 3.12. The minimum Gasteiger partial charge on any atom is -0.375 e. The molecule has 0 amide bonds. The number of benzene rings is 1. The molecule has 1 atom stereocenters. The van der Waals surface area contributed by atoms with Crippen LogP contribution in [0.5, 0.6) is 0 Å². The second-order valence-electron chi connectivity index (χ2n) is 6.90. The van der Waals surface area contributed by atoms with Gasteiger partial charge in [-0.05, 0) is 44.0 Å². The Bertz CT molecular complexity index is 973. The summed E-state index contributed by atoms with van der Waals surface area (Å²) in [6, 6.07) is 4.83. The third kappa shape index (κ3) is 6.14. The zero-order chi connectivity index (χ0) is 20.8. The van der Waals surface area contributed by atoms with E-state index in [1.807, 2.05) is 26.2 Å². The van der Waals surface area contributed by atoms with Crippen molar-refractivity contribution in [3.05, 3.63) is 51.9 Å². The molecule has 30 heavy (non-hydrogen) atoms. The predicted octanol–water partition coefficient (Wildman–Crippen LogP) is 4.73. The van der Waals surface area contributed by atoms with Crippen molar-refractivity contribution in [1.29, 1.82) is 0 Å². The Balaban J connectivity index is 0.00000320. The number of hydrogen-bond acceptors (Lipinski definition) is 4. The first-order valence-corrected chi connectivity index (χ1v) is 10.6. The first kappa shape index (κ1) is 24.5. The van der Waals surface area contributed by atoms with Gasteiger partial charge in [0.05, 0.1) is 12.2 Å². The highest BCUT2D eigenvalue weighted by Gasteiger charge is 2.13. The second-order valence-corrected chi connectivity index (χ2v) is 7.79. The average Bonchev–Trinajstić information content (AvgIpc) is 3.33. The zero-order valence-electron chi connectivity index (χ0n) is 17.7. The summed E-state index contributed by atoms with van der Waals surface area (Å²) in [5.41, 5.74) is 2.96. The van der Waals surface area contributed by atoms with E-state index in [4.69, 9.17) is 9.73 Å². The molecule has 1 unspecified atom stereocenters. The number of fused-ring (bicyclic) bond motifs is 1. The number of aromatic nitrogens is 2. The molecule has 0 aliphatic heterocycles. The van der Waals surface area contributed by atoms with Crippen LogP contribution >= 0.6 is 35.3 Å². The van der Waals surface area contributed by atoms with E-state index in [9.17, 15) is 4.39 Å². The molecular weight excluding hydrogens is 516 g/mol. The van der Waals surface area contributed by atoms with E-state index in [1.54, 1.807) is 18.4 Å². The molecule has 2 heterocycles. The lowest BCUT2D eigenvalue weighted by Gasteiger charge is -2.21. The van der Waals surface area contributed by atoms with Crippen LogP contribution in [0.25, 0.3) is 10.9 Å². The van der Waals surface area contributed by atoms with Crippen molar-refractivity contribution in [2.45, 2.75) is 32.9 Å². The van der Waals surface area contributed by atoms with Crippen LogP contribution in [0.15, 0.2) is 34.8 Å². The fraction of sp³-hybridized carbons (Fsp3) is 0.429. The topological polar surface area (TPSA) is 65.5 Å². The highest BCUT2D eigenvalue weighted by atomic mass is 127. The molecule has 0 radical (unpaired) electrons. The van der Waals surface area contributed by atoms with Crippen molar-refractivity contribution in [3.8, 4) is 0 Å². The molecule has 9 heteroatoms. The number of halogens is 2. The molecule has 3 rings (SSSR count). The number of thiazole rings is 1. The highest BCUT2D eigenvalue weighted by molar-refractivity contribution is 14.0. The van der Waals surface area contributed by atoms with Crippen LogP contribution in [0, 0.1) is 5.82 Å². The maximum Gasteiger partial charge on any atom is 0.194 e. The minimum atomic E-state index is -0.231. The summed E-state index contributed by atoms with van der Waals surface area (Å²) in [6.07, 6.45) is 2.72. The molecule has 0 saturated heterocycles. The average molecular weight is 545 g/mol. The predicted molar refractivity (Wildman–Crippen MR) is 132 cm³/mol. The number of ether oxygens (including phenoxy) is 1. The first-order chi connectivity index (χ1) is 14.0. The van der Waals surface area contributed by atoms with Crippen molar-refractivity contribution in [3.63, 3.8) is 0 Å².